The third-order valence-electron chi connectivity index (χ3n) is 2.55. The molecule has 5 heteroatoms. The second-order valence-electron chi connectivity index (χ2n) is 3.73. The van der Waals surface area contributed by atoms with Crippen LogP contribution in [0.2, 0.25) is 0 Å². The summed E-state index contributed by atoms with van der Waals surface area (Å²) in [6, 6.07) is 6.60. The molecular weight excluding hydrogens is 219 g/mol. The Balaban J connectivity index is 2.14. The number of hydrogen-bond donors (Lipinski definition) is 0. The maximum absolute atomic E-state index is 13.5. The summed E-state index contributed by atoms with van der Waals surface area (Å²) in [4.78, 5) is 8.13. The Morgan fingerprint density at radius 1 is 1.29 bits per heavy atom. The summed E-state index contributed by atoms with van der Waals surface area (Å²) >= 11 is 0. The zero-order valence-corrected chi connectivity index (χ0v) is 8.92. The minimum absolute atomic E-state index is 0.263. The van der Waals surface area contributed by atoms with Crippen molar-refractivity contribution in [2.24, 2.45) is 0 Å². The van der Waals surface area contributed by atoms with Gasteiger partial charge in [0.05, 0.1) is 12.1 Å². The summed E-state index contributed by atoms with van der Waals surface area (Å²) in [5, 5.41) is 4.80. The quantitative estimate of drug-likeness (QED) is 0.674. The van der Waals surface area contributed by atoms with Gasteiger partial charge in [0.2, 0.25) is 0 Å². The molecule has 2 aromatic heterocycles. The van der Waals surface area contributed by atoms with Crippen LogP contribution < -0.4 is 0 Å². The molecule has 0 fully saturated rings. The van der Waals surface area contributed by atoms with Crippen molar-refractivity contribution in [1.29, 1.82) is 0 Å². The van der Waals surface area contributed by atoms with E-state index in [1.54, 1.807) is 23.3 Å². The van der Waals surface area contributed by atoms with Gasteiger partial charge in [0.1, 0.15) is 18.5 Å². The van der Waals surface area contributed by atoms with Gasteiger partial charge in [-0.2, -0.15) is 5.10 Å². The van der Waals surface area contributed by atoms with E-state index in [2.05, 4.69) is 15.1 Å². The van der Waals surface area contributed by atoms with Gasteiger partial charge in [-0.3, -0.25) is 4.98 Å². The van der Waals surface area contributed by atoms with Crippen LogP contribution in [0, 0.1) is 5.82 Å². The largest absolute Gasteiger partial charge is 0.256 e. The second-order valence-corrected chi connectivity index (χ2v) is 3.73. The lowest BCUT2D eigenvalue weighted by atomic mass is 10.1. The van der Waals surface area contributed by atoms with Gasteiger partial charge >= 0.3 is 0 Å². The predicted molar refractivity (Wildman–Crippen MR) is 60.8 cm³/mol. The van der Waals surface area contributed by atoms with E-state index in [-0.39, 0.29) is 5.82 Å². The average Bonchev–Trinajstić information content (AvgIpc) is 2.81. The van der Waals surface area contributed by atoms with Gasteiger partial charge in [-0.1, -0.05) is 6.07 Å². The molecule has 0 radical (unpaired) electrons. The first kappa shape index (κ1) is 9.89. The van der Waals surface area contributed by atoms with Crippen LogP contribution in [0.4, 0.5) is 4.39 Å². The van der Waals surface area contributed by atoms with E-state index >= 15 is 0 Å². The molecule has 0 atom stereocenters. The van der Waals surface area contributed by atoms with Gasteiger partial charge in [-0.05, 0) is 18.2 Å². The smallest absolute Gasteiger partial charge is 0.137 e. The van der Waals surface area contributed by atoms with Gasteiger partial charge < -0.3 is 0 Å². The molecule has 0 aliphatic heterocycles. The lowest BCUT2D eigenvalue weighted by molar-refractivity contribution is 0.621. The maximum Gasteiger partial charge on any atom is 0.137 e. The zero-order chi connectivity index (χ0) is 11.7. The molecule has 1 aromatic carbocycles. The van der Waals surface area contributed by atoms with Crippen LogP contribution in [0.25, 0.3) is 10.9 Å². The molecule has 2 heterocycles. The predicted octanol–water partition coefficient (Wildman–Crippen LogP) is 2.01. The third-order valence-corrected chi connectivity index (χ3v) is 2.55. The molecule has 0 N–H and O–H groups in total. The van der Waals surface area contributed by atoms with Crippen LogP contribution in [0.5, 0.6) is 0 Å². The molecule has 4 nitrogen and oxygen atoms in total. The first-order valence-electron chi connectivity index (χ1n) is 5.18. The van der Waals surface area contributed by atoms with Gasteiger partial charge in [0, 0.05) is 17.1 Å². The summed E-state index contributed by atoms with van der Waals surface area (Å²) in [6.45, 7) is 0.464. The van der Waals surface area contributed by atoms with Crippen LogP contribution in [-0.2, 0) is 6.54 Å². The minimum atomic E-state index is -0.263. The van der Waals surface area contributed by atoms with E-state index in [1.165, 1.54) is 18.5 Å². The molecular formula is C12H9FN4. The van der Waals surface area contributed by atoms with E-state index in [9.17, 15) is 4.39 Å². The van der Waals surface area contributed by atoms with Crippen molar-refractivity contribution in [1.82, 2.24) is 19.7 Å². The molecule has 0 aliphatic rings. The molecule has 0 saturated carbocycles. The lowest BCUT2D eigenvalue weighted by Crippen LogP contribution is -2.02. The van der Waals surface area contributed by atoms with Crippen molar-refractivity contribution in [2.45, 2.75) is 6.54 Å². The molecule has 0 bridgehead atoms. The molecule has 17 heavy (non-hydrogen) atoms. The Morgan fingerprint density at radius 3 is 3.06 bits per heavy atom. The van der Waals surface area contributed by atoms with Crippen molar-refractivity contribution in [3.8, 4) is 0 Å². The molecule has 0 saturated heterocycles. The first-order chi connectivity index (χ1) is 8.33. The summed E-state index contributed by atoms with van der Waals surface area (Å²) in [5.74, 6) is -0.263. The van der Waals surface area contributed by atoms with Gasteiger partial charge in [0.15, 0.2) is 0 Å². The fraction of sp³-hybridized carbons (Fsp3) is 0.0833. The van der Waals surface area contributed by atoms with Gasteiger partial charge in [0.25, 0.3) is 0 Å². The number of halogens is 1. The van der Waals surface area contributed by atoms with E-state index in [4.69, 9.17) is 0 Å². The summed E-state index contributed by atoms with van der Waals surface area (Å²) in [5.41, 5.74) is 1.59. The SMILES string of the molecule is Fc1cc(Cn2cncn2)c2ncccc2c1. The monoisotopic (exact) mass is 228 g/mol. The average molecular weight is 228 g/mol. The molecule has 0 spiro atoms. The number of nitrogens with zero attached hydrogens (tertiary/aromatic N) is 4. The highest BCUT2D eigenvalue weighted by Gasteiger charge is 2.06. The van der Waals surface area contributed by atoms with Crippen molar-refractivity contribution >= 4 is 10.9 Å². The molecule has 3 aromatic rings. The Morgan fingerprint density at radius 2 is 2.24 bits per heavy atom. The summed E-state index contributed by atoms with van der Waals surface area (Å²) < 4.78 is 15.1. The van der Waals surface area contributed by atoms with Crippen molar-refractivity contribution in [3.05, 3.63) is 54.5 Å². The number of hydrogen-bond acceptors (Lipinski definition) is 3. The normalized spacial score (nSPS) is 10.9. The fourth-order valence-electron chi connectivity index (χ4n) is 1.84. The molecule has 0 aliphatic carbocycles. The number of pyridine rings is 1. The molecule has 0 unspecified atom stereocenters. The van der Waals surface area contributed by atoms with Crippen LogP contribution in [-0.4, -0.2) is 19.7 Å². The fourth-order valence-corrected chi connectivity index (χ4v) is 1.84. The highest BCUT2D eigenvalue weighted by molar-refractivity contribution is 5.81. The van der Waals surface area contributed by atoms with E-state index in [1.807, 2.05) is 6.07 Å². The highest BCUT2D eigenvalue weighted by Crippen LogP contribution is 2.18. The van der Waals surface area contributed by atoms with Crippen LogP contribution in [0.15, 0.2) is 43.1 Å². The Kier molecular flexibility index (Phi) is 2.29. The Bertz CT molecular complexity index is 649. The van der Waals surface area contributed by atoms with E-state index in [0.717, 1.165) is 16.5 Å². The number of aromatic nitrogens is 4. The van der Waals surface area contributed by atoms with Gasteiger partial charge in [-0.15, -0.1) is 0 Å². The van der Waals surface area contributed by atoms with Crippen molar-refractivity contribution < 1.29 is 4.39 Å². The van der Waals surface area contributed by atoms with E-state index < -0.39 is 0 Å². The topological polar surface area (TPSA) is 43.6 Å². The minimum Gasteiger partial charge on any atom is -0.256 e. The summed E-state index contributed by atoms with van der Waals surface area (Å²) in [7, 11) is 0. The van der Waals surface area contributed by atoms with Crippen LogP contribution >= 0.6 is 0 Å². The lowest BCUT2D eigenvalue weighted by Gasteiger charge is -2.05. The molecule has 3 rings (SSSR count). The zero-order valence-electron chi connectivity index (χ0n) is 8.92. The van der Waals surface area contributed by atoms with Crippen molar-refractivity contribution in [2.75, 3.05) is 0 Å². The van der Waals surface area contributed by atoms with Crippen LogP contribution in [0.3, 0.4) is 0 Å². The number of rotatable bonds is 2. The second kappa shape index (κ2) is 3.93. The number of fused-ring (bicyclic) bond motifs is 1. The van der Waals surface area contributed by atoms with Crippen LogP contribution in [0.1, 0.15) is 5.56 Å². The Labute approximate surface area is 96.7 Å². The van der Waals surface area contributed by atoms with Crippen molar-refractivity contribution in [3.63, 3.8) is 0 Å². The summed E-state index contributed by atoms with van der Waals surface area (Å²) in [6.07, 6.45) is 4.75. The maximum atomic E-state index is 13.5. The highest BCUT2D eigenvalue weighted by atomic mass is 19.1. The van der Waals surface area contributed by atoms with Gasteiger partial charge in [-0.25, -0.2) is 14.1 Å². The van der Waals surface area contributed by atoms with E-state index in [0.29, 0.717) is 6.54 Å². The Hall–Kier alpha value is -2.30. The molecule has 0 amide bonds. The first-order valence-corrected chi connectivity index (χ1v) is 5.18. The standard InChI is InChI=1S/C12H9FN4/c13-11-4-9-2-1-3-15-12(9)10(5-11)6-17-8-14-7-16-17/h1-5,7-8H,6H2. The molecule has 84 valence electrons. The number of benzene rings is 1. The third kappa shape index (κ3) is 1.87.